The highest BCUT2D eigenvalue weighted by molar-refractivity contribution is 5.90. The monoisotopic (exact) mass is 258 g/mol. The standard InChI is InChI=1S/C13H10N2O4/c14-11-3-1-2-8(5-11)9-4-10(13(16)17)7-12(6-9)15(18)19/h1-7H,14H2,(H,16,17). The van der Waals surface area contributed by atoms with Crippen molar-refractivity contribution in [3.05, 3.63) is 58.1 Å². The first-order valence-electron chi connectivity index (χ1n) is 5.36. The molecular formula is C13H10N2O4. The summed E-state index contributed by atoms with van der Waals surface area (Å²) in [7, 11) is 0. The zero-order valence-electron chi connectivity index (χ0n) is 9.74. The Morgan fingerprint density at radius 2 is 1.89 bits per heavy atom. The van der Waals surface area contributed by atoms with E-state index < -0.39 is 10.9 Å². The molecule has 0 saturated carbocycles. The third-order valence-corrected chi connectivity index (χ3v) is 2.60. The molecule has 6 heteroatoms. The van der Waals surface area contributed by atoms with E-state index in [2.05, 4.69) is 0 Å². The van der Waals surface area contributed by atoms with Crippen molar-refractivity contribution < 1.29 is 14.8 Å². The number of hydrogen-bond donors (Lipinski definition) is 2. The van der Waals surface area contributed by atoms with Gasteiger partial charge in [0.2, 0.25) is 0 Å². The topological polar surface area (TPSA) is 106 Å². The number of aromatic carboxylic acids is 1. The maximum atomic E-state index is 11.0. The van der Waals surface area contributed by atoms with Crippen LogP contribution in [0, 0.1) is 10.1 Å². The van der Waals surface area contributed by atoms with Gasteiger partial charge in [-0.25, -0.2) is 4.79 Å². The molecule has 0 spiro atoms. The number of rotatable bonds is 3. The average molecular weight is 258 g/mol. The van der Waals surface area contributed by atoms with E-state index in [9.17, 15) is 14.9 Å². The van der Waals surface area contributed by atoms with Crippen LogP contribution in [0.2, 0.25) is 0 Å². The molecule has 2 aromatic rings. The van der Waals surface area contributed by atoms with Gasteiger partial charge in [0, 0.05) is 17.8 Å². The predicted octanol–water partition coefficient (Wildman–Crippen LogP) is 2.54. The first-order chi connectivity index (χ1) is 8.97. The van der Waals surface area contributed by atoms with Crippen molar-refractivity contribution in [1.82, 2.24) is 0 Å². The smallest absolute Gasteiger partial charge is 0.335 e. The molecule has 0 bridgehead atoms. The van der Waals surface area contributed by atoms with Crippen LogP contribution in [0.3, 0.4) is 0 Å². The fourth-order valence-electron chi connectivity index (χ4n) is 1.72. The van der Waals surface area contributed by atoms with Gasteiger partial charge in [-0.05, 0) is 29.3 Å². The van der Waals surface area contributed by atoms with Gasteiger partial charge >= 0.3 is 5.97 Å². The van der Waals surface area contributed by atoms with Gasteiger partial charge in [-0.15, -0.1) is 0 Å². The molecule has 0 fully saturated rings. The van der Waals surface area contributed by atoms with Gasteiger partial charge in [0.15, 0.2) is 0 Å². The summed E-state index contributed by atoms with van der Waals surface area (Å²) in [6.45, 7) is 0. The van der Waals surface area contributed by atoms with E-state index in [-0.39, 0.29) is 11.3 Å². The van der Waals surface area contributed by atoms with E-state index >= 15 is 0 Å². The molecule has 0 aliphatic carbocycles. The first-order valence-corrected chi connectivity index (χ1v) is 5.36. The highest BCUT2D eigenvalue weighted by Gasteiger charge is 2.14. The molecule has 0 heterocycles. The number of nitro benzene ring substituents is 1. The Balaban J connectivity index is 2.62. The minimum absolute atomic E-state index is 0.133. The molecule has 96 valence electrons. The number of benzene rings is 2. The van der Waals surface area contributed by atoms with Gasteiger partial charge in [-0.3, -0.25) is 10.1 Å². The van der Waals surface area contributed by atoms with E-state index in [0.717, 1.165) is 6.07 Å². The van der Waals surface area contributed by atoms with Crippen molar-refractivity contribution in [2.45, 2.75) is 0 Å². The number of carboxylic acids is 1. The fourth-order valence-corrected chi connectivity index (χ4v) is 1.72. The van der Waals surface area contributed by atoms with Crippen LogP contribution in [0.15, 0.2) is 42.5 Å². The largest absolute Gasteiger partial charge is 0.478 e. The number of carboxylic acid groups (broad SMARTS) is 1. The highest BCUT2D eigenvalue weighted by atomic mass is 16.6. The third-order valence-electron chi connectivity index (χ3n) is 2.60. The van der Waals surface area contributed by atoms with E-state index in [1.54, 1.807) is 24.3 Å². The van der Waals surface area contributed by atoms with Crippen LogP contribution in [-0.2, 0) is 0 Å². The first kappa shape index (κ1) is 12.6. The molecule has 0 aliphatic rings. The van der Waals surface area contributed by atoms with E-state index in [1.807, 2.05) is 0 Å². The zero-order valence-corrected chi connectivity index (χ0v) is 9.74. The quantitative estimate of drug-likeness (QED) is 0.499. The second kappa shape index (κ2) is 4.77. The SMILES string of the molecule is Nc1cccc(-c2cc(C(=O)O)cc([N+](=O)[O-])c2)c1. The molecule has 0 atom stereocenters. The molecule has 2 rings (SSSR count). The van der Waals surface area contributed by atoms with Crippen molar-refractivity contribution >= 4 is 17.3 Å². The van der Waals surface area contributed by atoms with Gasteiger partial charge in [-0.2, -0.15) is 0 Å². The number of non-ortho nitro benzene ring substituents is 1. The Kier molecular flexibility index (Phi) is 3.15. The second-order valence-electron chi connectivity index (χ2n) is 3.96. The normalized spacial score (nSPS) is 10.1. The second-order valence-corrected chi connectivity index (χ2v) is 3.96. The Labute approximate surface area is 108 Å². The number of nitrogens with zero attached hydrogens (tertiary/aromatic N) is 1. The molecule has 0 saturated heterocycles. The molecule has 0 aliphatic heterocycles. The van der Waals surface area contributed by atoms with Crippen LogP contribution in [0.5, 0.6) is 0 Å². The summed E-state index contributed by atoms with van der Waals surface area (Å²) in [5.74, 6) is -1.21. The third kappa shape index (κ3) is 2.68. The summed E-state index contributed by atoms with van der Waals surface area (Å²) in [4.78, 5) is 21.2. The number of carbonyl (C=O) groups is 1. The fraction of sp³-hybridized carbons (Fsp3) is 0. The molecule has 0 radical (unpaired) electrons. The van der Waals surface area contributed by atoms with Gasteiger partial charge < -0.3 is 10.8 Å². The zero-order chi connectivity index (χ0) is 14.0. The molecule has 0 unspecified atom stereocenters. The lowest BCUT2D eigenvalue weighted by Gasteiger charge is -2.04. The lowest BCUT2D eigenvalue weighted by molar-refractivity contribution is -0.384. The Morgan fingerprint density at radius 3 is 2.47 bits per heavy atom. The summed E-state index contributed by atoms with van der Waals surface area (Å²) >= 11 is 0. The molecule has 2 aromatic carbocycles. The number of hydrogen-bond acceptors (Lipinski definition) is 4. The molecule has 3 N–H and O–H groups in total. The van der Waals surface area contributed by atoms with Crippen LogP contribution in [0.25, 0.3) is 11.1 Å². The summed E-state index contributed by atoms with van der Waals surface area (Å²) in [6, 6.07) is 10.4. The Morgan fingerprint density at radius 1 is 1.16 bits per heavy atom. The number of nitrogens with two attached hydrogens (primary N) is 1. The van der Waals surface area contributed by atoms with Crippen LogP contribution in [0.1, 0.15) is 10.4 Å². The molecule has 0 aromatic heterocycles. The average Bonchev–Trinajstić information content (AvgIpc) is 2.38. The van der Waals surface area contributed by atoms with Crippen LogP contribution >= 0.6 is 0 Å². The van der Waals surface area contributed by atoms with Crippen molar-refractivity contribution in [2.75, 3.05) is 5.73 Å². The Bertz CT molecular complexity index is 635. The van der Waals surface area contributed by atoms with E-state index in [4.69, 9.17) is 10.8 Å². The summed E-state index contributed by atoms with van der Waals surface area (Å²) in [6.07, 6.45) is 0. The van der Waals surface area contributed by atoms with Gasteiger partial charge in [0.1, 0.15) is 0 Å². The Hall–Kier alpha value is -2.89. The molecule has 19 heavy (non-hydrogen) atoms. The minimum atomic E-state index is -1.21. The van der Waals surface area contributed by atoms with Crippen molar-refractivity contribution in [1.29, 1.82) is 0 Å². The molecule has 6 nitrogen and oxygen atoms in total. The minimum Gasteiger partial charge on any atom is -0.478 e. The highest BCUT2D eigenvalue weighted by Crippen LogP contribution is 2.27. The maximum absolute atomic E-state index is 11.0. The van der Waals surface area contributed by atoms with Gasteiger partial charge in [0.05, 0.1) is 10.5 Å². The maximum Gasteiger partial charge on any atom is 0.335 e. The number of nitro groups is 1. The van der Waals surface area contributed by atoms with E-state index in [0.29, 0.717) is 16.8 Å². The lowest BCUT2D eigenvalue weighted by Crippen LogP contribution is -1.99. The molecule has 0 amide bonds. The number of anilines is 1. The number of nitrogen functional groups attached to an aromatic ring is 1. The lowest BCUT2D eigenvalue weighted by atomic mass is 10.0. The summed E-state index contributed by atoms with van der Waals surface area (Å²) in [5, 5.41) is 19.8. The van der Waals surface area contributed by atoms with Crippen LogP contribution in [0.4, 0.5) is 11.4 Å². The van der Waals surface area contributed by atoms with Crippen molar-refractivity contribution in [3.8, 4) is 11.1 Å². The van der Waals surface area contributed by atoms with Crippen molar-refractivity contribution in [3.63, 3.8) is 0 Å². The van der Waals surface area contributed by atoms with Crippen LogP contribution < -0.4 is 5.73 Å². The summed E-state index contributed by atoms with van der Waals surface area (Å²) in [5.41, 5.74) is 6.82. The van der Waals surface area contributed by atoms with Crippen LogP contribution in [-0.4, -0.2) is 16.0 Å². The summed E-state index contributed by atoms with van der Waals surface area (Å²) < 4.78 is 0. The van der Waals surface area contributed by atoms with Crippen molar-refractivity contribution in [2.24, 2.45) is 0 Å². The van der Waals surface area contributed by atoms with Gasteiger partial charge in [0.25, 0.3) is 5.69 Å². The van der Waals surface area contributed by atoms with E-state index in [1.165, 1.54) is 12.1 Å². The predicted molar refractivity (Wildman–Crippen MR) is 69.9 cm³/mol. The van der Waals surface area contributed by atoms with Gasteiger partial charge in [-0.1, -0.05) is 12.1 Å². The molecular weight excluding hydrogens is 248 g/mol.